The van der Waals surface area contributed by atoms with Crippen LogP contribution in [0.3, 0.4) is 0 Å². The van der Waals surface area contributed by atoms with Gasteiger partial charge in [-0.15, -0.1) is 0 Å². The van der Waals surface area contributed by atoms with Crippen molar-refractivity contribution in [3.8, 4) is 11.1 Å². The van der Waals surface area contributed by atoms with E-state index < -0.39 is 0 Å². The number of nitrogens with zero attached hydrogens (tertiary/aromatic N) is 2. The topological polar surface area (TPSA) is 62.3 Å². The Hall–Kier alpha value is -2.11. The van der Waals surface area contributed by atoms with Crippen molar-refractivity contribution in [1.82, 2.24) is 9.88 Å². The van der Waals surface area contributed by atoms with E-state index >= 15 is 0 Å². The van der Waals surface area contributed by atoms with Crippen LogP contribution in [-0.2, 0) is 9.59 Å². The predicted octanol–water partition coefficient (Wildman–Crippen LogP) is 5.18. The molecule has 5 nitrogen and oxygen atoms in total. The van der Waals surface area contributed by atoms with E-state index in [0.29, 0.717) is 28.3 Å². The molecule has 2 aromatic rings. The zero-order valence-corrected chi connectivity index (χ0v) is 17.5. The molecule has 2 amide bonds. The van der Waals surface area contributed by atoms with Crippen LogP contribution in [0.2, 0.25) is 10.0 Å². The lowest BCUT2D eigenvalue weighted by molar-refractivity contribution is -0.130. The maximum atomic E-state index is 12.6. The minimum Gasteiger partial charge on any atom is -0.340 e. The molecule has 29 heavy (non-hydrogen) atoms. The summed E-state index contributed by atoms with van der Waals surface area (Å²) in [7, 11) is 0. The summed E-state index contributed by atoms with van der Waals surface area (Å²) in [5.41, 5.74) is 1.76. The van der Waals surface area contributed by atoms with Crippen LogP contribution in [0.4, 0.5) is 5.82 Å². The van der Waals surface area contributed by atoms with Crippen LogP contribution in [0.25, 0.3) is 11.1 Å². The molecule has 2 aliphatic rings. The lowest BCUT2D eigenvalue weighted by Crippen LogP contribution is -2.40. The maximum Gasteiger partial charge on any atom is 0.228 e. The van der Waals surface area contributed by atoms with Gasteiger partial charge >= 0.3 is 0 Å². The first kappa shape index (κ1) is 20.2. The van der Waals surface area contributed by atoms with Crippen LogP contribution in [0.15, 0.2) is 36.5 Å². The number of rotatable bonds is 4. The molecule has 0 atom stereocenters. The van der Waals surface area contributed by atoms with Gasteiger partial charge in [0.2, 0.25) is 11.8 Å². The number of carbonyl (C=O) groups is 2. The monoisotopic (exact) mass is 431 g/mol. The van der Waals surface area contributed by atoms with Crippen LogP contribution in [-0.4, -0.2) is 34.3 Å². The van der Waals surface area contributed by atoms with Crippen molar-refractivity contribution in [2.45, 2.75) is 44.6 Å². The summed E-state index contributed by atoms with van der Waals surface area (Å²) in [5, 5.41) is 4.06. The Bertz CT molecular complexity index is 889. The van der Waals surface area contributed by atoms with Crippen molar-refractivity contribution in [1.29, 1.82) is 0 Å². The van der Waals surface area contributed by atoms with Gasteiger partial charge in [-0.25, -0.2) is 4.98 Å². The first-order valence-corrected chi connectivity index (χ1v) is 10.8. The summed E-state index contributed by atoms with van der Waals surface area (Å²) in [6.07, 6.45) is 6.73. The van der Waals surface area contributed by atoms with E-state index in [1.54, 1.807) is 18.3 Å². The molecule has 0 bridgehead atoms. The van der Waals surface area contributed by atoms with Crippen molar-refractivity contribution in [3.05, 3.63) is 46.6 Å². The Kier molecular flexibility index (Phi) is 6.07. The number of likely N-dealkylation sites (tertiary alicyclic amines) is 1. The number of amides is 2. The highest BCUT2D eigenvalue weighted by molar-refractivity contribution is 6.35. The third-order valence-electron chi connectivity index (χ3n) is 5.83. The molecule has 1 aromatic carbocycles. The molecule has 1 saturated heterocycles. The Balaban J connectivity index is 1.33. The third kappa shape index (κ3) is 4.73. The Labute approximate surface area is 180 Å². The number of benzene rings is 1. The van der Waals surface area contributed by atoms with Gasteiger partial charge in [0, 0.05) is 46.7 Å². The maximum absolute atomic E-state index is 12.6. The zero-order valence-electron chi connectivity index (χ0n) is 16.0. The van der Waals surface area contributed by atoms with Crippen LogP contribution < -0.4 is 5.32 Å². The summed E-state index contributed by atoms with van der Waals surface area (Å²) < 4.78 is 0. The second-order valence-corrected chi connectivity index (χ2v) is 8.65. The molecule has 0 spiro atoms. The van der Waals surface area contributed by atoms with E-state index in [4.69, 9.17) is 23.2 Å². The van der Waals surface area contributed by atoms with Crippen LogP contribution in [0, 0.1) is 5.92 Å². The molecule has 152 valence electrons. The third-order valence-corrected chi connectivity index (χ3v) is 6.27. The molecule has 1 aromatic heterocycles. The van der Waals surface area contributed by atoms with Gasteiger partial charge in [-0.05, 0) is 68.0 Å². The average Bonchev–Trinajstić information content (AvgIpc) is 3.14. The number of nitrogens with one attached hydrogen (secondary N) is 1. The highest BCUT2D eigenvalue weighted by atomic mass is 35.5. The zero-order chi connectivity index (χ0) is 20.4. The molecule has 2 fully saturated rings. The van der Waals surface area contributed by atoms with Crippen LogP contribution in [0.1, 0.15) is 38.5 Å². The molecule has 1 aliphatic carbocycles. The molecule has 1 aliphatic heterocycles. The number of pyridine rings is 1. The standard InChI is InChI=1S/C22H23Cl2N3O2/c23-17-10-16(11-18(24)12-17)15-5-8-20(25-13-15)26-22(29)14-3-6-19(7-4-14)27-9-1-2-21(27)28/h5,8,10-14,19H,1-4,6-7,9H2,(H,25,26,29). The van der Waals surface area contributed by atoms with Gasteiger partial charge in [0.1, 0.15) is 5.82 Å². The van der Waals surface area contributed by atoms with E-state index in [9.17, 15) is 9.59 Å². The molecule has 7 heteroatoms. The van der Waals surface area contributed by atoms with Crippen LogP contribution in [0.5, 0.6) is 0 Å². The molecular formula is C22H23Cl2N3O2. The Morgan fingerprint density at radius 1 is 1.03 bits per heavy atom. The van der Waals surface area contributed by atoms with Gasteiger partial charge in [-0.3, -0.25) is 9.59 Å². The van der Waals surface area contributed by atoms with E-state index in [-0.39, 0.29) is 17.7 Å². The Morgan fingerprint density at radius 2 is 1.76 bits per heavy atom. The van der Waals surface area contributed by atoms with Crippen molar-refractivity contribution in [2.75, 3.05) is 11.9 Å². The van der Waals surface area contributed by atoms with E-state index in [1.807, 2.05) is 23.1 Å². The largest absolute Gasteiger partial charge is 0.340 e. The molecule has 1 saturated carbocycles. The summed E-state index contributed by atoms with van der Waals surface area (Å²) >= 11 is 12.1. The summed E-state index contributed by atoms with van der Waals surface area (Å²) in [5.74, 6) is 0.770. The van der Waals surface area contributed by atoms with Crippen LogP contribution >= 0.6 is 23.2 Å². The smallest absolute Gasteiger partial charge is 0.228 e. The normalized spacial score (nSPS) is 22.0. The second-order valence-electron chi connectivity index (χ2n) is 7.78. The molecule has 4 rings (SSSR count). The summed E-state index contributed by atoms with van der Waals surface area (Å²) in [4.78, 5) is 30.9. The van der Waals surface area contributed by atoms with E-state index in [2.05, 4.69) is 10.3 Å². The first-order valence-electron chi connectivity index (χ1n) is 10.0. The minimum atomic E-state index is -0.0304. The molecular weight excluding hydrogens is 409 g/mol. The summed E-state index contributed by atoms with van der Waals surface area (Å²) in [6.45, 7) is 0.870. The van der Waals surface area contributed by atoms with Crippen molar-refractivity contribution in [2.24, 2.45) is 5.92 Å². The van der Waals surface area contributed by atoms with Gasteiger partial charge in [0.05, 0.1) is 0 Å². The van der Waals surface area contributed by atoms with Gasteiger partial charge in [0.25, 0.3) is 0 Å². The lowest BCUT2D eigenvalue weighted by atomic mass is 9.85. The SMILES string of the molecule is O=C(Nc1ccc(-c2cc(Cl)cc(Cl)c2)cn1)C1CCC(N2CCCC2=O)CC1. The average molecular weight is 432 g/mol. The number of halogens is 2. The number of aromatic nitrogens is 1. The number of hydrogen-bond acceptors (Lipinski definition) is 3. The number of carbonyl (C=O) groups excluding carboxylic acids is 2. The predicted molar refractivity (Wildman–Crippen MR) is 115 cm³/mol. The van der Waals surface area contributed by atoms with E-state index in [0.717, 1.165) is 49.8 Å². The summed E-state index contributed by atoms with van der Waals surface area (Å²) in [6, 6.07) is 9.31. The van der Waals surface area contributed by atoms with Gasteiger partial charge in [-0.1, -0.05) is 23.2 Å². The van der Waals surface area contributed by atoms with Crippen molar-refractivity contribution in [3.63, 3.8) is 0 Å². The quantitative estimate of drug-likeness (QED) is 0.725. The Morgan fingerprint density at radius 3 is 2.34 bits per heavy atom. The van der Waals surface area contributed by atoms with Gasteiger partial charge in [0.15, 0.2) is 0 Å². The molecule has 2 heterocycles. The van der Waals surface area contributed by atoms with Crippen molar-refractivity contribution < 1.29 is 9.59 Å². The highest BCUT2D eigenvalue weighted by Crippen LogP contribution is 2.31. The molecule has 1 N–H and O–H groups in total. The lowest BCUT2D eigenvalue weighted by Gasteiger charge is -2.34. The van der Waals surface area contributed by atoms with Gasteiger partial charge < -0.3 is 10.2 Å². The number of hydrogen-bond donors (Lipinski definition) is 1. The molecule has 0 unspecified atom stereocenters. The van der Waals surface area contributed by atoms with Gasteiger partial charge in [-0.2, -0.15) is 0 Å². The van der Waals surface area contributed by atoms with E-state index in [1.165, 1.54) is 0 Å². The fourth-order valence-electron chi connectivity index (χ4n) is 4.29. The minimum absolute atomic E-state index is 0.00208. The molecule has 0 radical (unpaired) electrons. The number of anilines is 1. The fraction of sp³-hybridized carbons (Fsp3) is 0.409. The fourth-order valence-corrected chi connectivity index (χ4v) is 4.82. The first-order chi connectivity index (χ1) is 14.0. The van der Waals surface area contributed by atoms with Crippen molar-refractivity contribution >= 4 is 40.8 Å². The highest BCUT2D eigenvalue weighted by Gasteiger charge is 2.33. The second kappa shape index (κ2) is 8.72.